The molecule has 0 saturated heterocycles. The van der Waals surface area contributed by atoms with Crippen molar-refractivity contribution in [2.24, 2.45) is 0 Å². The maximum Gasteiger partial charge on any atom is 0.259 e. The number of carbonyl (C=O) groups excluding carboxylic acids is 2. The number of ether oxygens (including phenoxy) is 1. The average Bonchev–Trinajstić information content (AvgIpc) is 2.95. The van der Waals surface area contributed by atoms with Crippen molar-refractivity contribution in [2.75, 3.05) is 7.11 Å². The lowest BCUT2D eigenvalue weighted by atomic mass is 9.99. The van der Waals surface area contributed by atoms with E-state index in [-0.39, 0.29) is 11.1 Å². The van der Waals surface area contributed by atoms with Gasteiger partial charge in [0.15, 0.2) is 0 Å². The Morgan fingerprint density at radius 1 is 1.07 bits per heavy atom. The minimum absolute atomic E-state index is 0.169. The normalized spacial score (nSPS) is 13.9. The van der Waals surface area contributed by atoms with Crippen LogP contribution in [0.15, 0.2) is 59.0 Å². The summed E-state index contributed by atoms with van der Waals surface area (Å²) in [6.07, 6.45) is 1.68. The van der Waals surface area contributed by atoms with Gasteiger partial charge in [0.05, 0.1) is 30.4 Å². The summed E-state index contributed by atoms with van der Waals surface area (Å²) >= 11 is 0. The minimum Gasteiger partial charge on any atom is -0.496 e. The Hall–Kier alpha value is -3.74. The van der Waals surface area contributed by atoms with Crippen molar-refractivity contribution in [3.05, 3.63) is 75.8 Å². The molecule has 0 bridgehead atoms. The first-order valence-corrected chi connectivity index (χ1v) is 8.68. The molecule has 2 amide bonds. The number of hydrogen-bond acceptors (Lipinski definition) is 5. The maximum atomic E-state index is 12.5. The Balaban J connectivity index is 1.93. The van der Waals surface area contributed by atoms with Gasteiger partial charge in [-0.25, -0.2) is 0 Å². The molecule has 0 unspecified atom stereocenters. The Bertz CT molecular complexity index is 1210. The van der Waals surface area contributed by atoms with Gasteiger partial charge in [-0.05, 0) is 36.6 Å². The molecular formula is C21H17N3O4. The highest BCUT2D eigenvalue weighted by molar-refractivity contribution is 6.36. The monoisotopic (exact) mass is 375 g/mol. The van der Waals surface area contributed by atoms with Crippen LogP contribution in [-0.4, -0.2) is 28.5 Å². The average molecular weight is 375 g/mol. The van der Waals surface area contributed by atoms with E-state index in [2.05, 4.69) is 10.3 Å². The van der Waals surface area contributed by atoms with Gasteiger partial charge < -0.3 is 9.30 Å². The van der Waals surface area contributed by atoms with E-state index in [1.54, 1.807) is 35.9 Å². The fourth-order valence-corrected chi connectivity index (χ4v) is 3.37. The highest BCUT2D eigenvalue weighted by Gasteiger charge is 2.30. The minimum atomic E-state index is -0.457. The molecule has 7 nitrogen and oxygen atoms in total. The first-order valence-electron chi connectivity index (χ1n) is 8.68. The molecule has 0 fully saturated rings. The van der Waals surface area contributed by atoms with E-state index in [9.17, 15) is 14.4 Å². The molecule has 0 atom stereocenters. The first kappa shape index (κ1) is 17.7. The van der Waals surface area contributed by atoms with E-state index in [0.717, 1.165) is 11.1 Å². The molecule has 3 aromatic rings. The summed E-state index contributed by atoms with van der Waals surface area (Å²) in [5.41, 5.74) is 2.37. The van der Waals surface area contributed by atoms with Gasteiger partial charge >= 0.3 is 0 Å². The largest absolute Gasteiger partial charge is 0.496 e. The second-order valence-corrected chi connectivity index (χ2v) is 6.47. The van der Waals surface area contributed by atoms with Gasteiger partial charge in [0.1, 0.15) is 5.75 Å². The van der Waals surface area contributed by atoms with Crippen molar-refractivity contribution < 1.29 is 14.3 Å². The summed E-state index contributed by atoms with van der Waals surface area (Å²) in [4.78, 5) is 40.9. The number of aromatic nitrogens is 2. The van der Waals surface area contributed by atoms with Crippen LogP contribution in [0, 0.1) is 0 Å². The fraction of sp³-hybridized carbons (Fsp3) is 0.143. The van der Waals surface area contributed by atoms with E-state index in [1.807, 2.05) is 18.2 Å². The Labute approximate surface area is 160 Å². The molecule has 4 rings (SSSR count). The topological polar surface area (TPSA) is 90.3 Å². The predicted molar refractivity (Wildman–Crippen MR) is 104 cm³/mol. The van der Waals surface area contributed by atoms with Crippen LogP contribution in [0.5, 0.6) is 5.75 Å². The molecule has 28 heavy (non-hydrogen) atoms. The molecule has 0 radical (unpaired) electrons. The maximum absolute atomic E-state index is 12.5. The van der Waals surface area contributed by atoms with Gasteiger partial charge in [0.2, 0.25) is 0 Å². The number of fused-ring (bicyclic) bond motifs is 1. The Morgan fingerprint density at radius 2 is 1.89 bits per heavy atom. The molecule has 0 saturated carbocycles. The van der Waals surface area contributed by atoms with Crippen LogP contribution in [0.1, 0.15) is 18.2 Å². The van der Waals surface area contributed by atoms with Crippen LogP contribution in [-0.2, 0) is 16.1 Å². The zero-order valence-corrected chi connectivity index (χ0v) is 15.4. The van der Waals surface area contributed by atoms with Crippen molar-refractivity contribution in [1.82, 2.24) is 14.9 Å². The highest BCUT2D eigenvalue weighted by Crippen LogP contribution is 2.34. The number of amides is 2. The summed E-state index contributed by atoms with van der Waals surface area (Å²) in [7, 11) is 1.49. The molecule has 0 spiro atoms. The van der Waals surface area contributed by atoms with E-state index in [1.165, 1.54) is 13.2 Å². The standard InChI is InChI=1S/C21H17N3O4/c1-12-19(21(27)23-20(12)26)15-9-13-6-7-18(25)24(16(13)10-17(15)28-2)11-14-5-3-4-8-22-14/h3-10H,11H2,1-2H3,(H,23,26,27). The molecule has 1 aliphatic rings. The first-order chi connectivity index (χ1) is 13.5. The van der Waals surface area contributed by atoms with Gasteiger partial charge in [-0.2, -0.15) is 0 Å². The number of benzene rings is 1. The van der Waals surface area contributed by atoms with E-state index in [0.29, 0.717) is 28.9 Å². The lowest BCUT2D eigenvalue weighted by molar-refractivity contribution is -0.123. The highest BCUT2D eigenvalue weighted by atomic mass is 16.5. The number of rotatable bonds is 4. The van der Waals surface area contributed by atoms with Crippen LogP contribution < -0.4 is 15.6 Å². The van der Waals surface area contributed by atoms with Crippen LogP contribution >= 0.6 is 0 Å². The molecule has 1 aromatic carbocycles. The molecule has 140 valence electrons. The zero-order chi connectivity index (χ0) is 19.8. The smallest absolute Gasteiger partial charge is 0.259 e. The van der Waals surface area contributed by atoms with Crippen molar-refractivity contribution in [3.63, 3.8) is 0 Å². The number of methoxy groups -OCH3 is 1. The quantitative estimate of drug-likeness (QED) is 0.703. The van der Waals surface area contributed by atoms with Gasteiger partial charge in [0.25, 0.3) is 17.4 Å². The van der Waals surface area contributed by atoms with Gasteiger partial charge in [-0.3, -0.25) is 24.7 Å². The van der Waals surface area contributed by atoms with E-state index in [4.69, 9.17) is 4.74 Å². The number of imide groups is 1. The summed E-state index contributed by atoms with van der Waals surface area (Å²) in [5, 5.41) is 3.05. The lowest BCUT2D eigenvalue weighted by Gasteiger charge is -2.14. The second-order valence-electron chi connectivity index (χ2n) is 6.47. The molecular weight excluding hydrogens is 358 g/mol. The molecule has 1 aliphatic heterocycles. The van der Waals surface area contributed by atoms with Crippen LogP contribution in [0.3, 0.4) is 0 Å². The zero-order valence-electron chi connectivity index (χ0n) is 15.4. The van der Waals surface area contributed by atoms with Gasteiger partial charge in [-0.1, -0.05) is 6.07 Å². The van der Waals surface area contributed by atoms with Crippen LogP contribution in [0.4, 0.5) is 0 Å². The number of nitrogens with one attached hydrogen (secondary N) is 1. The van der Waals surface area contributed by atoms with E-state index >= 15 is 0 Å². The third-order valence-electron chi connectivity index (χ3n) is 4.80. The number of carbonyl (C=O) groups is 2. The third kappa shape index (κ3) is 2.87. The predicted octanol–water partition coefficient (Wildman–Crippen LogP) is 1.88. The van der Waals surface area contributed by atoms with Gasteiger partial charge in [0, 0.05) is 29.5 Å². The molecule has 3 heterocycles. The third-order valence-corrected chi connectivity index (χ3v) is 4.80. The molecule has 0 aliphatic carbocycles. The molecule has 1 N–H and O–H groups in total. The summed E-state index contributed by atoms with van der Waals surface area (Å²) < 4.78 is 7.09. The number of nitrogens with zero attached hydrogens (tertiary/aromatic N) is 2. The number of hydrogen-bond donors (Lipinski definition) is 1. The van der Waals surface area contributed by atoms with Crippen LogP contribution in [0.2, 0.25) is 0 Å². The van der Waals surface area contributed by atoms with Crippen molar-refractivity contribution in [1.29, 1.82) is 0 Å². The summed E-state index contributed by atoms with van der Waals surface area (Å²) in [6.45, 7) is 1.90. The van der Waals surface area contributed by atoms with Crippen molar-refractivity contribution in [3.8, 4) is 5.75 Å². The number of pyridine rings is 2. The SMILES string of the molecule is COc1cc2c(ccc(=O)n2Cc2ccccn2)cc1C1=C(C)C(=O)NC1=O. The van der Waals surface area contributed by atoms with Crippen molar-refractivity contribution in [2.45, 2.75) is 13.5 Å². The van der Waals surface area contributed by atoms with Gasteiger partial charge in [-0.15, -0.1) is 0 Å². The summed E-state index contributed by atoms with van der Waals surface area (Å²) in [6, 6.07) is 12.2. The summed E-state index contributed by atoms with van der Waals surface area (Å²) in [5.74, 6) is -0.462. The fourth-order valence-electron chi connectivity index (χ4n) is 3.37. The lowest BCUT2D eigenvalue weighted by Crippen LogP contribution is -2.23. The second kappa shape index (κ2) is 6.77. The Morgan fingerprint density at radius 3 is 2.54 bits per heavy atom. The molecule has 7 heteroatoms. The van der Waals surface area contributed by atoms with Crippen molar-refractivity contribution >= 4 is 28.3 Å². The van der Waals surface area contributed by atoms with Crippen LogP contribution in [0.25, 0.3) is 16.5 Å². The van der Waals surface area contributed by atoms with E-state index < -0.39 is 11.8 Å². The Kier molecular flexibility index (Phi) is 4.27. The molecule has 2 aromatic heterocycles.